The highest BCUT2D eigenvalue weighted by Crippen LogP contribution is 2.75. The molecule has 5 fully saturated rings. The Morgan fingerprint density at radius 3 is 2.70 bits per heavy atom. The number of carbonyl (C=O) groups excluding carboxylic acids is 2. The number of fused-ring (bicyclic) bond motifs is 1. The van der Waals surface area contributed by atoms with Crippen LogP contribution in [0.25, 0.3) is 0 Å². The van der Waals surface area contributed by atoms with Gasteiger partial charge in [0.25, 0.3) is 0 Å². The van der Waals surface area contributed by atoms with Crippen LogP contribution in [0.2, 0.25) is 0 Å². The lowest BCUT2D eigenvalue weighted by atomic mass is 9.45. The Morgan fingerprint density at radius 1 is 1.19 bits per heavy atom. The summed E-state index contributed by atoms with van der Waals surface area (Å²) in [5, 5.41) is 0. The molecule has 0 amide bonds. The standard InChI is InChI=1S/C23H31NO3/c1-13-11-24-12-15-6-4-14-5-7-16-17(19(25)27-3)10-22(18(14)16)20(26)23(13,24)9-8-21(15,22)2/h13,15-17H,4-12H2,1-3H3/t13-,15-,16-,17-,21+,22+,23-/m1/s1. The van der Waals surface area contributed by atoms with Gasteiger partial charge in [-0.05, 0) is 68.1 Å². The van der Waals surface area contributed by atoms with Crippen molar-refractivity contribution in [1.29, 1.82) is 0 Å². The van der Waals surface area contributed by atoms with E-state index in [2.05, 4.69) is 18.7 Å². The molecule has 2 saturated carbocycles. The van der Waals surface area contributed by atoms with Crippen molar-refractivity contribution in [3.05, 3.63) is 11.1 Å². The van der Waals surface area contributed by atoms with Crippen LogP contribution in [-0.2, 0) is 14.3 Å². The summed E-state index contributed by atoms with van der Waals surface area (Å²) in [6, 6.07) is 0. The molecule has 0 aromatic heterocycles. The fourth-order valence-electron chi connectivity index (χ4n) is 8.93. The number of ketones is 1. The molecule has 27 heavy (non-hydrogen) atoms. The van der Waals surface area contributed by atoms with Crippen LogP contribution in [0.3, 0.4) is 0 Å². The van der Waals surface area contributed by atoms with Gasteiger partial charge in [-0.1, -0.05) is 25.0 Å². The van der Waals surface area contributed by atoms with Gasteiger partial charge < -0.3 is 4.74 Å². The highest BCUT2D eigenvalue weighted by Gasteiger charge is 2.77. The first-order valence-corrected chi connectivity index (χ1v) is 11.0. The van der Waals surface area contributed by atoms with Crippen molar-refractivity contribution in [2.75, 3.05) is 20.2 Å². The fourth-order valence-corrected chi connectivity index (χ4v) is 8.93. The second kappa shape index (κ2) is 4.87. The number of allylic oxidation sites excluding steroid dienone is 2. The summed E-state index contributed by atoms with van der Waals surface area (Å²) in [5.74, 6) is 1.58. The van der Waals surface area contributed by atoms with Crippen molar-refractivity contribution < 1.29 is 14.3 Å². The molecule has 7 rings (SSSR count). The molecule has 0 unspecified atom stereocenters. The van der Waals surface area contributed by atoms with Crippen LogP contribution < -0.4 is 0 Å². The van der Waals surface area contributed by atoms with Crippen molar-refractivity contribution in [2.45, 2.75) is 64.3 Å². The molecular formula is C23H31NO3. The Labute approximate surface area is 161 Å². The van der Waals surface area contributed by atoms with Gasteiger partial charge in [0.05, 0.1) is 24.0 Å². The van der Waals surface area contributed by atoms with E-state index in [9.17, 15) is 9.59 Å². The summed E-state index contributed by atoms with van der Waals surface area (Å²) < 4.78 is 5.23. The number of nitrogens with zero attached hydrogens (tertiary/aromatic N) is 1. The first-order chi connectivity index (χ1) is 12.9. The maximum Gasteiger partial charge on any atom is 0.309 e. The van der Waals surface area contributed by atoms with E-state index in [1.54, 1.807) is 5.57 Å². The first-order valence-electron chi connectivity index (χ1n) is 11.0. The lowest BCUT2D eigenvalue weighted by Gasteiger charge is -2.62. The van der Waals surface area contributed by atoms with Gasteiger partial charge in [-0.3, -0.25) is 14.5 Å². The minimum absolute atomic E-state index is 0.00877. The number of hydrogen-bond donors (Lipinski definition) is 0. The summed E-state index contributed by atoms with van der Waals surface area (Å²) in [7, 11) is 1.51. The highest BCUT2D eigenvalue weighted by molar-refractivity contribution is 6.01. The van der Waals surface area contributed by atoms with Crippen LogP contribution in [0.1, 0.15) is 58.8 Å². The fraction of sp³-hybridized carbons (Fsp3) is 0.826. The molecule has 7 atom stereocenters. The van der Waals surface area contributed by atoms with Crippen LogP contribution in [0, 0.1) is 34.5 Å². The van der Waals surface area contributed by atoms with Crippen molar-refractivity contribution >= 4 is 11.8 Å². The number of esters is 1. The first kappa shape index (κ1) is 16.8. The lowest BCUT2D eigenvalue weighted by Crippen LogP contribution is -2.74. The molecule has 0 N–H and O–H groups in total. The second-order valence-corrected chi connectivity index (χ2v) is 10.6. The molecule has 4 heteroatoms. The second-order valence-electron chi connectivity index (χ2n) is 10.6. The third-order valence-corrected chi connectivity index (χ3v) is 10.3. The molecule has 0 radical (unpaired) electrons. The Bertz CT molecular complexity index is 801. The average Bonchev–Trinajstić information content (AvgIpc) is 3.15. The van der Waals surface area contributed by atoms with E-state index in [4.69, 9.17) is 4.74 Å². The Morgan fingerprint density at radius 2 is 1.96 bits per heavy atom. The predicted octanol–water partition coefficient (Wildman–Crippen LogP) is 3.36. The Hall–Kier alpha value is -1.16. The Kier molecular flexibility index (Phi) is 3.02. The SMILES string of the molecule is COC(=O)[C@@H]1C[C@]23C(=O)[C@]45CC[C@@]2(C)[C@H](CCC2=C3[C@@H]1CC2)CN4C[C@H]5C. The van der Waals surface area contributed by atoms with Gasteiger partial charge in [0.2, 0.25) is 0 Å². The van der Waals surface area contributed by atoms with E-state index in [0.717, 1.165) is 51.6 Å². The third kappa shape index (κ3) is 1.54. The van der Waals surface area contributed by atoms with E-state index in [0.29, 0.717) is 17.6 Å². The molecule has 4 aliphatic carbocycles. The molecule has 7 aliphatic rings. The van der Waals surface area contributed by atoms with Crippen LogP contribution in [0.15, 0.2) is 11.1 Å². The smallest absolute Gasteiger partial charge is 0.309 e. The number of Topliss-reactive ketones (excluding diaryl/α,β-unsaturated/α-hetero) is 1. The zero-order valence-electron chi connectivity index (χ0n) is 16.8. The normalized spacial score (nSPS) is 52.8. The Balaban J connectivity index is 1.62. The number of hydrogen-bond acceptors (Lipinski definition) is 4. The van der Waals surface area contributed by atoms with Gasteiger partial charge in [-0.2, -0.15) is 0 Å². The molecule has 4 bridgehead atoms. The van der Waals surface area contributed by atoms with E-state index in [1.807, 2.05) is 0 Å². The molecule has 2 spiro atoms. The molecule has 3 heterocycles. The molecule has 0 aromatic rings. The molecule has 0 aromatic carbocycles. The minimum Gasteiger partial charge on any atom is -0.469 e. The summed E-state index contributed by atoms with van der Waals surface area (Å²) in [4.78, 5) is 29.8. The van der Waals surface area contributed by atoms with Crippen LogP contribution in [0.4, 0.5) is 0 Å². The van der Waals surface area contributed by atoms with Crippen LogP contribution in [0.5, 0.6) is 0 Å². The quantitative estimate of drug-likeness (QED) is 0.525. The van der Waals surface area contributed by atoms with Gasteiger partial charge >= 0.3 is 5.97 Å². The topological polar surface area (TPSA) is 46.6 Å². The predicted molar refractivity (Wildman–Crippen MR) is 101 cm³/mol. The molecule has 3 saturated heterocycles. The molecule has 4 nitrogen and oxygen atoms in total. The van der Waals surface area contributed by atoms with Gasteiger partial charge in [-0.25, -0.2) is 0 Å². The van der Waals surface area contributed by atoms with Crippen molar-refractivity contribution in [3.63, 3.8) is 0 Å². The lowest BCUT2D eigenvalue weighted by molar-refractivity contribution is -0.169. The zero-order chi connectivity index (χ0) is 18.8. The summed E-state index contributed by atoms with van der Waals surface area (Å²) in [6.07, 6.45) is 7.40. The van der Waals surface area contributed by atoms with Gasteiger partial charge in [0.1, 0.15) is 0 Å². The number of carbonyl (C=O) groups is 2. The van der Waals surface area contributed by atoms with Crippen LogP contribution in [-0.4, -0.2) is 42.4 Å². The largest absolute Gasteiger partial charge is 0.469 e. The van der Waals surface area contributed by atoms with E-state index >= 15 is 0 Å². The van der Waals surface area contributed by atoms with Gasteiger partial charge in [0.15, 0.2) is 5.78 Å². The highest BCUT2D eigenvalue weighted by atomic mass is 16.5. The monoisotopic (exact) mass is 369 g/mol. The summed E-state index contributed by atoms with van der Waals surface area (Å²) in [6.45, 7) is 6.86. The number of methoxy groups -OCH3 is 1. The minimum atomic E-state index is -0.398. The van der Waals surface area contributed by atoms with Gasteiger partial charge in [-0.15, -0.1) is 0 Å². The molecule has 146 valence electrons. The van der Waals surface area contributed by atoms with Crippen molar-refractivity contribution in [1.82, 2.24) is 4.90 Å². The average molecular weight is 370 g/mol. The van der Waals surface area contributed by atoms with Crippen LogP contribution >= 0.6 is 0 Å². The zero-order valence-corrected chi connectivity index (χ0v) is 16.8. The maximum atomic E-state index is 14.5. The number of rotatable bonds is 1. The third-order valence-electron chi connectivity index (χ3n) is 10.3. The molecular weight excluding hydrogens is 338 g/mol. The number of ether oxygens (including phenoxy) is 1. The summed E-state index contributed by atoms with van der Waals surface area (Å²) in [5.41, 5.74) is 2.35. The van der Waals surface area contributed by atoms with Gasteiger partial charge in [0, 0.05) is 13.1 Å². The molecule has 3 aliphatic heterocycles. The summed E-state index contributed by atoms with van der Waals surface area (Å²) >= 11 is 0. The van der Waals surface area contributed by atoms with Crippen molar-refractivity contribution in [2.24, 2.45) is 34.5 Å². The van der Waals surface area contributed by atoms with Crippen molar-refractivity contribution in [3.8, 4) is 0 Å². The van der Waals surface area contributed by atoms with E-state index < -0.39 is 5.41 Å². The van der Waals surface area contributed by atoms with E-state index in [1.165, 1.54) is 19.1 Å². The maximum absolute atomic E-state index is 14.5. The van der Waals surface area contributed by atoms with E-state index in [-0.39, 0.29) is 28.8 Å².